The fourth-order valence-electron chi connectivity index (χ4n) is 4.33. The Morgan fingerprint density at radius 2 is 1.61 bits per heavy atom. The number of rotatable bonds is 8. The van der Waals surface area contributed by atoms with E-state index < -0.39 is 0 Å². The van der Waals surface area contributed by atoms with Crippen LogP contribution >= 0.6 is 11.6 Å². The third-order valence-electron chi connectivity index (χ3n) is 6.11. The number of aryl methyl sites for hydroxylation is 1. The van der Waals surface area contributed by atoms with E-state index in [1.54, 1.807) is 10.9 Å². The van der Waals surface area contributed by atoms with E-state index in [-0.39, 0.29) is 5.56 Å². The molecule has 0 bridgehead atoms. The standard InChI is InChI=1S/C26H26ClN5O/c1-2-3-4-5-10-15-31-17-28-24-22(26(31)33)23-25(30-21-14-9-8-13-20(21)29-23)32(24)16-18-11-6-7-12-19(18)27/h6-9,11-14,17H,2-5,10,15-16H2,1H3. The molecule has 5 rings (SSSR count). The Balaban J connectivity index is 1.67. The van der Waals surface area contributed by atoms with E-state index in [2.05, 4.69) is 6.92 Å². The van der Waals surface area contributed by atoms with Gasteiger partial charge in [0.15, 0.2) is 11.3 Å². The second-order valence-corrected chi connectivity index (χ2v) is 8.83. The third kappa shape index (κ3) is 4.11. The summed E-state index contributed by atoms with van der Waals surface area (Å²) >= 11 is 6.45. The molecule has 2 aromatic carbocycles. The minimum Gasteiger partial charge on any atom is -0.304 e. The van der Waals surface area contributed by atoms with Crippen molar-refractivity contribution in [1.29, 1.82) is 0 Å². The average Bonchev–Trinajstić information content (AvgIpc) is 3.13. The maximum absolute atomic E-state index is 13.5. The first-order valence-electron chi connectivity index (χ1n) is 11.5. The molecule has 0 aliphatic carbocycles. The highest BCUT2D eigenvalue weighted by atomic mass is 35.5. The van der Waals surface area contributed by atoms with Gasteiger partial charge in [0, 0.05) is 11.6 Å². The molecule has 0 N–H and O–H groups in total. The first-order valence-corrected chi connectivity index (χ1v) is 11.9. The number of nitrogens with zero attached hydrogens (tertiary/aromatic N) is 5. The molecule has 0 spiro atoms. The van der Waals surface area contributed by atoms with Crippen LogP contribution in [0.5, 0.6) is 0 Å². The van der Waals surface area contributed by atoms with Crippen molar-refractivity contribution in [3.63, 3.8) is 0 Å². The van der Waals surface area contributed by atoms with E-state index in [1.807, 2.05) is 53.1 Å². The van der Waals surface area contributed by atoms with Crippen molar-refractivity contribution in [3.8, 4) is 0 Å². The Bertz CT molecular complexity index is 1500. The van der Waals surface area contributed by atoms with Crippen LogP contribution in [-0.4, -0.2) is 24.1 Å². The molecule has 7 heteroatoms. The van der Waals surface area contributed by atoms with Crippen LogP contribution in [0.4, 0.5) is 0 Å². The summed E-state index contributed by atoms with van der Waals surface area (Å²) in [4.78, 5) is 28.0. The predicted molar refractivity (Wildman–Crippen MR) is 134 cm³/mol. The summed E-state index contributed by atoms with van der Waals surface area (Å²) in [5, 5.41) is 1.19. The molecule has 0 amide bonds. The van der Waals surface area contributed by atoms with Gasteiger partial charge >= 0.3 is 0 Å². The largest absolute Gasteiger partial charge is 0.304 e. The molecule has 33 heavy (non-hydrogen) atoms. The number of para-hydroxylation sites is 2. The minimum atomic E-state index is -0.0667. The highest BCUT2D eigenvalue weighted by Crippen LogP contribution is 2.27. The first-order chi connectivity index (χ1) is 16.2. The van der Waals surface area contributed by atoms with Crippen molar-refractivity contribution in [1.82, 2.24) is 24.1 Å². The van der Waals surface area contributed by atoms with Gasteiger partial charge < -0.3 is 4.57 Å². The molecule has 0 atom stereocenters. The van der Waals surface area contributed by atoms with Gasteiger partial charge in [0.05, 0.1) is 23.9 Å². The summed E-state index contributed by atoms with van der Waals surface area (Å²) < 4.78 is 3.67. The molecule has 0 unspecified atom stereocenters. The van der Waals surface area contributed by atoms with Crippen LogP contribution in [0.3, 0.4) is 0 Å². The van der Waals surface area contributed by atoms with Crippen LogP contribution in [0.2, 0.25) is 5.02 Å². The molecule has 0 fully saturated rings. The highest BCUT2D eigenvalue weighted by Gasteiger charge is 2.20. The van der Waals surface area contributed by atoms with Crippen LogP contribution in [0, 0.1) is 0 Å². The highest BCUT2D eigenvalue weighted by molar-refractivity contribution is 6.31. The number of fused-ring (bicyclic) bond motifs is 4. The molecule has 168 valence electrons. The van der Waals surface area contributed by atoms with Crippen molar-refractivity contribution in [2.75, 3.05) is 0 Å². The zero-order valence-corrected chi connectivity index (χ0v) is 19.4. The van der Waals surface area contributed by atoms with E-state index in [4.69, 9.17) is 26.6 Å². The summed E-state index contributed by atoms with van der Waals surface area (Å²) in [6, 6.07) is 15.4. The lowest BCUT2D eigenvalue weighted by molar-refractivity contribution is 0.555. The molecule has 6 nitrogen and oxygen atoms in total. The van der Waals surface area contributed by atoms with Gasteiger partial charge in [-0.1, -0.05) is 74.5 Å². The molecule has 0 saturated carbocycles. The van der Waals surface area contributed by atoms with Crippen molar-refractivity contribution in [3.05, 3.63) is 75.8 Å². The van der Waals surface area contributed by atoms with Crippen molar-refractivity contribution in [2.24, 2.45) is 0 Å². The molecule has 3 heterocycles. The van der Waals surface area contributed by atoms with Gasteiger partial charge in [-0.15, -0.1) is 0 Å². The van der Waals surface area contributed by atoms with Crippen LogP contribution in [-0.2, 0) is 13.1 Å². The lowest BCUT2D eigenvalue weighted by atomic mass is 10.1. The van der Waals surface area contributed by atoms with Crippen LogP contribution in [0.15, 0.2) is 59.7 Å². The van der Waals surface area contributed by atoms with Crippen LogP contribution in [0.25, 0.3) is 33.2 Å². The van der Waals surface area contributed by atoms with Crippen LogP contribution in [0.1, 0.15) is 44.6 Å². The van der Waals surface area contributed by atoms with Gasteiger partial charge in [-0.05, 0) is 30.2 Å². The Morgan fingerprint density at radius 1 is 0.879 bits per heavy atom. The monoisotopic (exact) mass is 459 g/mol. The number of hydrogen-bond acceptors (Lipinski definition) is 4. The van der Waals surface area contributed by atoms with E-state index in [0.29, 0.717) is 40.3 Å². The Labute approximate surface area is 196 Å². The first kappa shape index (κ1) is 21.6. The van der Waals surface area contributed by atoms with E-state index in [0.717, 1.165) is 29.4 Å². The normalized spacial score (nSPS) is 11.7. The summed E-state index contributed by atoms with van der Waals surface area (Å²) in [5.41, 5.74) is 4.24. The summed E-state index contributed by atoms with van der Waals surface area (Å²) in [5.74, 6) is 0. The van der Waals surface area contributed by atoms with Gasteiger partial charge in [-0.3, -0.25) is 9.36 Å². The molecular weight excluding hydrogens is 434 g/mol. The molecule has 5 aromatic rings. The fraction of sp³-hybridized carbons (Fsp3) is 0.308. The van der Waals surface area contributed by atoms with Gasteiger partial charge in [0.1, 0.15) is 10.9 Å². The fourth-order valence-corrected chi connectivity index (χ4v) is 4.53. The molecule has 0 radical (unpaired) electrons. The molecule has 0 aliphatic heterocycles. The van der Waals surface area contributed by atoms with Crippen molar-refractivity contribution in [2.45, 2.75) is 52.1 Å². The lowest BCUT2D eigenvalue weighted by Crippen LogP contribution is -2.21. The summed E-state index contributed by atoms with van der Waals surface area (Å²) in [6.07, 6.45) is 7.34. The number of benzene rings is 2. The number of halogens is 1. The van der Waals surface area contributed by atoms with E-state index in [9.17, 15) is 4.79 Å². The molecule has 0 saturated heterocycles. The number of aromatic nitrogens is 5. The zero-order valence-electron chi connectivity index (χ0n) is 18.7. The average molecular weight is 460 g/mol. The van der Waals surface area contributed by atoms with Crippen molar-refractivity contribution < 1.29 is 0 Å². The second-order valence-electron chi connectivity index (χ2n) is 8.42. The SMILES string of the molecule is CCCCCCCn1cnc2c(c1=O)c1nc3ccccc3nc1n2Cc1ccccc1Cl. The van der Waals surface area contributed by atoms with E-state index in [1.165, 1.54) is 19.3 Å². The van der Waals surface area contributed by atoms with Gasteiger partial charge in [-0.2, -0.15) is 0 Å². The summed E-state index contributed by atoms with van der Waals surface area (Å²) in [7, 11) is 0. The minimum absolute atomic E-state index is 0.0667. The predicted octanol–water partition coefficient (Wildman–Crippen LogP) is 5.97. The lowest BCUT2D eigenvalue weighted by Gasteiger charge is -2.09. The summed E-state index contributed by atoms with van der Waals surface area (Å²) in [6.45, 7) is 3.31. The van der Waals surface area contributed by atoms with E-state index >= 15 is 0 Å². The van der Waals surface area contributed by atoms with Crippen molar-refractivity contribution >= 4 is 44.8 Å². The maximum Gasteiger partial charge on any atom is 0.265 e. The Hall–Kier alpha value is -3.25. The topological polar surface area (TPSA) is 65.6 Å². The number of unbranched alkanes of at least 4 members (excludes halogenated alkanes) is 4. The second kappa shape index (κ2) is 9.32. The molecule has 3 aromatic heterocycles. The van der Waals surface area contributed by atoms with Gasteiger partial charge in [0.2, 0.25) is 0 Å². The molecule has 0 aliphatic rings. The quantitative estimate of drug-likeness (QED) is 0.268. The Morgan fingerprint density at radius 3 is 2.39 bits per heavy atom. The smallest absolute Gasteiger partial charge is 0.265 e. The zero-order chi connectivity index (χ0) is 22.8. The van der Waals surface area contributed by atoms with Gasteiger partial charge in [-0.25, -0.2) is 15.0 Å². The van der Waals surface area contributed by atoms with Gasteiger partial charge in [0.25, 0.3) is 5.56 Å². The molecular formula is C26H26ClN5O. The Kier molecular flexibility index (Phi) is 6.09. The van der Waals surface area contributed by atoms with Crippen LogP contribution < -0.4 is 5.56 Å². The number of hydrogen-bond donors (Lipinski definition) is 0. The third-order valence-corrected chi connectivity index (χ3v) is 6.48. The maximum atomic E-state index is 13.5.